The van der Waals surface area contributed by atoms with E-state index < -0.39 is 42.8 Å². The van der Waals surface area contributed by atoms with Crippen LogP contribution in [-0.4, -0.2) is 60.1 Å². The summed E-state index contributed by atoms with van der Waals surface area (Å²) in [5.41, 5.74) is 4.11. The van der Waals surface area contributed by atoms with Gasteiger partial charge in [-0.2, -0.15) is 5.26 Å². The summed E-state index contributed by atoms with van der Waals surface area (Å²) in [6.07, 6.45) is 1.48. The summed E-state index contributed by atoms with van der Waals surface area (Å²) in [5, 5.41) is 24.6. The molecule has 9 heteroatoms. The van der Waals surface area contributed by atoms with Gasteiger partial charge < -0.3 is 10.6 Å². The fraction of sp³-hybridized carbons (Fsp3) is 0.500. The topological polar surface area (TPSA) is 105 Å². The maximum atomic E-state index is 13.9. The van der Waals surface area contributed by atoms with Crippen LogP contribution in [0, 0.1) is 31.1 Å². The summed E-state index contributed by atoms with van der Waals surface area (Å²) < 4.78 is 27.8. The van der Waals surface area contributed by atoms with Gasteiger partial charge in [-0.15, -0.1) is 0 Å². The third-order valence-corrected chi connectivity index (χ3v) is 5.94. The Morgan fingerprint density at radius 3 is 2.48 bits per heavy atom. The fourth-order valence-corrected chi connectivity index (χ4v) is 4.36. The highest BCUT2D eigenvalue weighted by Gasteiger charge is 2.49. The van der Waals surface area contributed by atoms with E-state index in [4.69, 9.17) is 0 Å². The van der Waals surface area contributed by atoms with E-state index in [0.29, 0.717) is 18.5 Å². The van der Waals surface area contributed by atoms with Gasteiger partial charge in [0.1, 0.15) is 0 Å². The van der Waals surface area contributed by atoms with Gasteiger partial charge in [0, 0.05) is 20.0 Å². The first-order chi connectivity index (χ1) is 14.5. The van der Waals surface area contributed by atoms with Crippen LogP contribution in [0.15, 0.2) is 18.2 Å². The number of aryl methyl sites for hydroxylation is 2. The Morgan fingerprint density at radius 2 is 1.90 bits per heavy atom. The van der Waals surface area contributed by atoms with E-state index in [1.54, 1.807) is 0 Å². The van der Waals surface area contributed by atoms with Crippen molar-refractivity contribution in [2.45, 2.75) is 44.7 Å². The lowest BCUT2D eigenvalue weighted by atomic mass is 9.81. The van der Waals surface area contributed by atoms with Gasteiger partial charge in [0.15, 0.2) is 5.78 Å². The van der Waals surface area contributed by atoms with Gasteiger partial charge in [0.2, 0.25) is 0 Å². The van der Waals surface area contributed by atoms with Gasteiger partial charge in [-0.1, -0.05) is 18.2 Å². The second-order valence-electron chi connectivity index (χ2n) is 8.28. The van der Waals surface area contributed by atoms with Crippen molar-refractivity contribution in [1.29, 1.82) is 5.26 Å². The lowest BCUT2D eigenvalue weighted by Crippen LogP contribution is -2.61. The van der Waals surface area contributed by atoms with Crippen LogP contribution in [0.1, 0.15) is 35.1 Å². The molecule has 2 aliphatic heterocycles. The Hall–Kier alpha value is -2.67. The predicted octanol–water partition coefficient (Wildman–Crippen LogP) is 1.95. The van der Waals surface area contributed by atoms with E-state index in [-0.39, 0.29) is 10.8 Å². The molecule has 2 heterocycles. The normalized spacial score (nSPS) is 25.3. The molecule has 31 heavy (non-hydrogen) atoms. The van der Waals surface area contributed by atoms with Crippen molar-refractivity contribution in [2.24, 2.45) is 5.92 Å². The molecule has 3 rings (SSSR count). The Labute approximate surface area is 179 Å². The third-order valence-electron chi connectivity index (χ3n) is 5.94. The zero-order valence-electron chi connectivity index (χ0n) is 17.7. The van der Waals surface area contributed by atoms with E-state index in [2.05, 4.69) is 16.7 Å². The molecule has 1 fully saturated rings. The Morgan fingerprint density at radius 1 is 1.26 bits per heavy atom. The monoisotopic (exact) mass is 432 g/mol. The summed E-state index contributed by atoms with van der Waals surface area (Å²) in [5.74, 6) is -5.81. The number of hydrogen-bond donors (Lipinski definition) is 3. The fourth-order valence-electron chi connectivity index (χ4n) is 4.36. The molecule has 166 valence electrons. The number of nitrogens with zero attached hydrogens (tertiary/aromatic N) is 2. The van der Waals surface area contributed by atoms with E-state index >= 15 is 0 Å². The highest BCUT2D eigenvalue weighted by atomic mass is 19.3. The zero-order chi connectivity index (χ0) is 22.9. The molecule has 7 nitrogen and oxygen atoms in total. The number of ketones is 1. The summed E-state index contributed by atoms with van der Waals surface area (Å²) in [7, 11) is 1.06. The first kappa shape index (κ1) is 23.0. The number of Topliss-reactive ketones (excluding diaryl/α,β-unsaturated/α-hetero) is 1. The smallest absolute Gasteiger partial charge is 0.261 e. The molecule has 1 aromatic rings. The number of hydroxylamine groups is 2. The average molecular weight is 432 g/mol. The molecule has 0 bridgehead atoms. The number of halogens is 2. The van der Waals surface area contributed by atoms with E-state index in [9.17, 15) is 28.8 Å². The lowest BCUT2D eigenvalue weighted by molar-refractivity contribution is -0.172. The van der Waals surface area contributed by atoms with Gasteiger partial charge in [0.05, 0.1) is 36.2 Å². The molecule has 1 aromatic carbocycles. The quantitative estimate of drug-likeness (QED) is 0.496. The van der Waals surface area contributed by atoms with Gasteiger partial charge in [-0.3, -0.25) is 14.8 Å². The lowest BCUT2D eigenvalue weighted by Gasteiger charge is -2.38. The van der Waals surface area contributed by atoms with Crippen molar-refractivity contribution in [2.75, 3.05) is 20.1 Å². The SMILES string of the molecule is Cc1cc(C2=CCNC(C(=O)[C@H]3NCC(F)(F)C[C@@H]3C(=O)N(C)O)C2)cc(C)c1C#N. The molecular weight excluding hydrogens is 406 g/mol. The largest absolute Gasteiger partial charge is 0.304 e. The Balaban J connectivity index is 1.82. The van der Waals surface area contributed by atoms with Gasteiger partial charge in [-0.05, 0) is 42.5 Å². The molecule has 0 saturated carbocycles. The summed E-state index contributed by atoms with van der Waals surface area (Å²) in [6.45, 7) is 3.41. The summed E-state index contributed by atoms with van der Waals surface area (Å²) in [4.78, 5) is 25.5. The van der Waals surface area contributed by atoms with Crippen LogP contribution in [0.25, 0.3) is 5.57 Å². The molecule has 0 spiro atoms. The number of carbonyl (C=O) groups excluding carboxylic acids is 2. The second-order valence-corrected chi connectivity index (χ2v) is 8.28. The zero-order valence-corrected chi connectivity index (χ0v) is 17.7. The van der Waals surface area contributed by atoms with Crippen molar-refractivity contribution in [1.82, 2.24) is 15.7 Å². The van der Waals surface area contributed by atoms with Crippen LogP contribution in [0.4, 0.5) is 8.78 Å². The highest BCUT2D eigenvalue weighted by molar-refractivity contribution is 5.96. The maximum absolute atomic E-state index is 13.9. The minimum absolute atomic E-state index is 0.260. The molecule has 1 saturated heterocycles. The number of carbonyl (C=O) groups is 2. The van der Waals surface area contributed by atoms with E-state index in [0.717, 1.165) is 29.3 Å². The average Bonchev–Trinajstić information content (AvgIpc) is 2.72. The Kier molecular flexibility index (Phi) is 6.55. The van der Waals surface area contributed by atoms with E-state index in [1.165, 1.54) is 0 Å². The number of hydrogen-bond acceptors (Lipinski definition) is 6. The molecular formula is C22H26F2N4O3. The number of piperidine rings is 1. The standard InChI is InChI=1S/C22H26F2N4O3/c1-12-6-15(7-13(2)17(12)10-25)14-4-5-26-18(8-14)20(29)19-16(21(30)28(3)31)9-22(23,24)11-27-19/h4,6-7,16,18-19,26-27,31H,5,8-9,11H2,1-3H3/t16-,18?,19-/m0/s1. The van der Waals surface area contributed by atoms with Crippen molar-refractivity contribution >= 4 is 17.3 Å². The summed E-state index contributed by atoms with van der Waals surface area (Å²) >= 11 is 0. The van der Waals surface area contributed by atoms with Gasteiger partial charge in [0.25, 0.3) is 11.8 Å². The van der Waals surface area contributed by atoms with E-state index in [1.807, 2.05) is 32.1 Å². The molecule has 0 radical (unpaired) electrons. The van der Waals surface area contributed by atoms with Crippen LogP contribution in [-0.2, 0) is 9.59 Å². The summed E-state index contributed by atoms with van der Waals surface area (Å²) in [6, 6.07) is 4.19. The predicted molar refractivity (Wildman–Crippen MR) is 109 cm³/mol. The molecule has 0 aliphatic carbocycles. The molecule has 1 amide bonds. The van der Waals surface area contributed by atoms with Crippen LogP contribution in [0.2, 0.25) is 0 Å². The highest BCUT2D eigenvalue weighted by Crippen LogP contribution is 2.33. The maximum Gasteiger partial charge on any atom is 0.261 e. The number of rotatable bonds is 4. The Bertz CT molecular complexity index is 945. The molecule has 3 atom stereocenters. The first-order valence-corrected chi connectivity index (χ1v) is 10.1. The van der Waals surface area contributed by atoms with Crippen LogP contribution < -0.4 is 10.6 Å². The minimum Gasteiger partial charge on any atom is -0.304 e. The van der Waals surface area contributed by atoms with Crippen molar-refractivity contribution in [3.05, 3.63) is 40.5 Å². The number of nitrogens with one attached hydrogen (secondary N) is 2. The van der Waals surface area contributed by atoms with Gasteiger partial charge >= 0.3 is 0 Å². The van der Waals surface area contributed by atoms with Crippen LogP contribution >= 0.6 is 0 Å². The molecule has 2 aliphatic rings. The van der Waals surface area contributed by atoms with Crippen molar-refractivity contribution in [3.63, 3.8) is 0 Å². The second kappa shape index (κ2) is 8.83. The molecule has 3 N–H and O–H groups in total. The van der Waals surface area contributed by atoms with Gasteiger partial charge in [-0.25, -0.2) is 13.8 Å². The minimum atomic E-state index is -3.14. The number of amides is 1. The molecule has 0 aromatic heterocycles. The van der Waals surface area contributed by atoms with Crippen molar-refractivity contribution < 1.29 is 23.6 Å². The number of benzene rings is 1. The number of alkyl halides is 2. The first-order valence-electron chi connectivity index (χ1n) is 10.1. The number of nitriles is 1. The van der Waals surface area contributed by atoms with Crippen molar-refractivity contribution in [3.8, 4) is 6.07 Å². The van der Waals surface area contributed by atoms with Crippen LogP contribution in [0.5, 0.6) is 0 Å². The third kappa shape index (κ3) is 4.82. The molecule has 1 unspecified atom stereocenters. The van der Waals surface area contributed by atoms with Crippen LogP contribution in [0.3, 0.4) is 0 Å².